The molecule has 0 rings (SSSR count). The number of esters is 3. The molecule has 0 aromatic rings. The van der Waals surface area contributed by atoms with E-state index in [9.17, 15) is 14.4 Å². The van der Waals surface area contributed by atoms with Gasteiger partial charge >= 0.3 is 17.9 Å². The first-order valence-corrected chi connectivity index (χ1v) is 30.8. The molecule has 0 heterocycles. The van der Waals surface area contributed by atoms with Crippen LogP contribution >= 0.6 is 0 Å². The van der Waals surface area contributed by atoms with Crippen molar-refractivity contribution in [2.24, 2.45) is 0 Å². The first-order chi connectivity index (χ1) is 35.0. The first-order valence-electron chi connectivity index (χ1n) is 30.8. The minimum absolute atomic E-state index is 0.0831. The molecule has 0 amide bonds. The van der Waals surface area contributed by atoms with Crippen LogP contribution in [-0.2, 0) is 28.6 Å². The van der Waals surface area contributed by atoms with Crippen LogP contribution in [0, 0.1) is 0 Å². The van der Waals surface area contributed by atoms with Gasteiger partial charge < -0.3 is 14.2 Å². The van der Waals surface area contributed by atoms with Gasteiger partial charge in [0.2, 0.25) is 0 Å². The fraction of sp³-hybridized carbons (Fsp3) is 0.800. The number of ether oxygens (including phenoxy) is 3. The molecule has 0 fully saturated rings. The van der Waals surface area contributed by atoms with Crippen LogP contribution < -0.4 is 0 Å². The number of rotatable bonds is 56. The van der Waals surface area contributed by atoms with E-state index in [4.69, 9.17) is 14.2 Å². The van der Waals surface area contributed by atoms with Gasteiger partial charge in [0.05, 0.1) is 0 Å². The van der Waals surface area contributed by atoms with Gasteiger partial charge in [-0.2, -0.15) is 0 Å². The molecule has 6 nitrogen and oxygen atoms in total. The van der Waals surface area contributed by atoms with Gasteiger partial charge in [-0.3, -0.25) is 14.4 Å². The Balaban J connectivity index is 4.40. The smallest absolute Gasteiger partial charge is 0.306 e. The molecule has 0 aliphatic carbocycles. The lowest BCUT2D eigenvalue weighted by Crippen LogP contribution is -2.30. The Morgan fingerprint density at radius 3 is 0.831 bits per heavy atom. The normalized spacial score (nSPS) is 12.4. The maximum Gasteiger partial charge on any atom is 0.306 e. The molecule has 0 spiro atoms. The van der Waals surface area contributed by atoms with E-state index in [2.05, 4.69) is 81.5 Å². The molecular weight excluding hydrogens is 877 g/mol. The molecule has 0 saturated carbocycles. The standard InChI is InChI=1S/C65H116O6/c1-4-7-10-13-16-19-22-25-28-31-33-35-37-40-43-46-49-52-55-58-64(67)70-61-62(60-69-63(66)57-54-51-48-45-42-39-36-30-27-24-21-18-15-12-9-6-3)71-65(68)59-56-53-50-47-44-41-38-34-32-29-26-23-20-17-14-11-8-5-2/h16,19,21,24-25,28,30,33,35-36,62H,4-15,17-18,20,22-23,26-27,29,31-32,34,37-61H2,1-3H3/b19-16-,24-21-,28-25-,35-33-,36-30-. The van der Waals surface area contributed by atoms with Crippen LogP contribution in [0.3, 0.4) is 0 Å². The van der Waals surface area contributed by atoms with Crippen LogP contribution in [0.5, 0.6) is 0 Å². The van der Waals surface area contributed by atoms with Crippen molar-refractivity contribution < 1.29 is 28.6 Å². The molecule has 6 heteroatoms. The van der Waals surface area contributed by atoms with Gasteiger partial charge in [0.25, 0.3) is 0 Å². The molecule has 0 aromatic heterocycles. The molecule has 1 unspecified atom stereocenters. The number of carbonyl (C=O) groups excluding carboxylic acids is 3. The summed E-state index contributed by atoms with van der Waals surface area (Å²) in [5, 5.41) is 0. The summed E-state index contributed by atoms with van der Waals surface area (Å²) in [5.74, 6) is -0.891. The lowest BCUT2D eigenvalue weighted by Gasteiger charge is -2.18. The zero-order valence-electron chi connectivity index (χ0n) is 47.2. The van der Waals surface area contributed by atoms with Gasteiger partial charge in [-0.1, -0.05) is 268 Å². The second kappa shape index (κ2) is 59.7. The van der Waals surface area contributed by atoms with Crippen molar-refractivity contribution in [1.29, 1.82) is 0 Å². The van der Waals surface area contributed by atoms with E-state index >= 15 is 0 Å². The van der Waals surface area contributed by atoms with Crippen LogP contribution in [0.25, 0.3) is 0 Å². The number of carbonyl (C=O) groups is 3. The van der Waals surface area contributed by atoms with Crippen molar-refractivity contribution in [2.75, 3.05) is 13.2 Å². The molecule has 0 N–H and O–H groups in total. The van der Waals surface area contributed by atoms with Crippen LogP contribution in [0.15, 0.2) is 60.8 Å². The Morgan fingerprint density at radius 1 is 0.282 bits per heavy atom. The van der Waals surface area contributed by atoms with Crippen LogP contribution in [0.2, 0.25) is 0 Å². The van der Waals surface area contributed by atoms with E-state index in [-0.39, 0.29) is 31.1 Å². The summed E-state index contributed by atoms with van der Waals surface area (Å²) in [4.78, 5) is 38.3. The van der Waals surface area contributed by atoms with Crippen LogP contribution in [0.4, 0.5) is 0 Å². The van der Waals surface area contributed by atoms with Crippen LogP contribution in [0.1, 0.15) is 316 Å². The quantitative estimate of drug-likeness (QED) is 0.0261. The minimum Gasteiger partial charge on any atom is -0.462 e. The molecule has 0 bridgehead atoms. The zero-order valence-corrected chi connectivity index (χ0v) is 47.2. The highest BCUT2D eigenvalue weighted by Gasteiger charge is 2.19. The number of unbranched alkanes of at least 4 members (excludes halogenated alkanes) is 35. The molecular formula is C65H116O6. The molecule has 0 aliphatic rings. The highest BCUT2D eigenvalue weighted by atomic mass is 16.6. The Hall–Kier alpha value is -2.89. The van der Waals surface area contributed by atoms with Gasteiger partial charge in [0.15, 0.2) is 6.10 Å². The molecule has 0 aliphatic heterocycles. The Kier molecular flexibility index (Phi) is 57.2. The Labute approximate surface area is 440 Å². The van der Waals surface area contributed by atoms with E-state index in [1.807, 2.05) is 0 Å². The monoisotopic (exact) mass is 993 g/mol. The average Bonchev–Trinajstić information content (AvgIpc) is 3.37. The summed E-state index contributed by atoms with van der Waals surface area (Å²) in [5.41, 5.74) is 0. The predicted octanol–water partition coefficient (Wildman–Crippen LogP) is 20.8. The van der Waals surface area contributed by atoms with Crippen molar-refractivity contribution in [2.45, 2.75) is 322 Å². The molecule has 0 aromatic carbocycles. The SMILES string of the molecule is CCCCC/C=C\C/C=C\C/C=C\CCCCCCCCC(=O)OCC(COC(=O)CCCCCCC/C=C\C/C=C\CCCCCC)OC(=O)CCCCCCCCCCCCCCCCCCCC. The van der Waals surface area contributed by atoms with Gasteiger partial charge in [0.1, 0.15) is 13.2 Å². The van der Waals surface area contributed by atoms with Crippen molar-refractivity contribution in [3.05, 3.63) is 60.8 Å². The van der Waals surface area contributed by atoms with Crippen molar-refractivity contribution in [3.63, 3.8) is 0 Å². The fourth-order valence-corrected chi connectivity index (χ4v) is 8.83. The van der Waals surface area contributed by atoms with Gasteiger partial charge in [0, 0.05) is 19.3 Å². The van der Waals surface area contributed by atoms with Gasteiger partial charge in [-0.05, 0) is 89.9 Å². The van der Waals surface area contributed by atoms with Crippen molar-refractivity contribution in [3.8, 4) is 0 Å². The summed E-state index contributed by atoms with van der Waals surface area (Å²) in [6.07, 6.45) is 74.9. The maximum absolute atomic E-state index is 12.9. The second-order valence-corrected chi connectivity index (χ2v) is 20.6. The van der Waals surface area contributed by atoms with Crippen LogP contribution in [-0.4, -0.2) is 37.2 Å². The molecule has 412 valence electrons. The summed E-state index contributed by atoms with van der Waals surface area (Å²) in [6.45, 7) is 6.61. The second-order valence-electron chi connectivity index (χ2n) is 20.6. The van der Waals surface area contributed by atoms with Crippen molar-refractivity contribution in [1.82, 2.24) is 0 Å². The summed E-state index contributed by atoms with van der Waals surface area (Å²) in [7, 11) is 0. The van der Waals surface area contributed by atoms with E-state index in [0.29, 0.717) is 19.3 Å². The fourth-order valence-electron chi connectivity index (χ4n) is 8.83. The molecule has 0 saturated heterocycles. The first kappa shape index (κ1) is 68.1. The van der Waals surface area contributed by atoms with E-state index in [1.54, 1.807) is 0 Å². The molecule has 0 radical (unpaired) electrons. The highest BCUT2D eigenvalue weighted by Crippen LogP contribution is 2.16. The largest absolute Gasteiger partial charge is 0.462 e. The zero-order chi connectivity index (χ0) is 51.4. The number of hydrogen-bond acceptors (Lipinski definition) is 6. The van der Waals surface area contributed by atoms with E-state index < -0.39 is 6.10 Å². The van der Waals surface area contributed by atoms with Gasteiger partial charge in [-0.15, -0.1) is 0 Å². The maximum atomic E-state index is 12.9. The lowest BCUT2D eigenvalue weighted by atomic mass is 10.0. The van der Waals surface area contributed by atoms with Gasteiger partial charge in [-0.25, -0.2) is 0 Å². The summed E-state index contributed by atoms with van der Waals surface area (Å²) in [6, 6.07) is 0. The minimum atomic E-state index is -0.785. The number of allylic oxidation sites excluding steroid dienone is 10. The van der Waals surface area contributed by atoms with Crippen molar-refractivity contribution >= 4 is 17.9 Å². The third-order valence-corrected chi connectivity index (χ3v) is 13.5. The lowest BCUT2D eigenvalue weighted by molar-refractivity contribution is -0.167. The van der Waals surface area contributed by atoms with E-state index in [0.717, 1.165) is 96.3 Å². The topological polar surface area (TPSA) is 78.9 Å². The number of hydrogen-bond donors (Lipinski definition) is 0. The molecule has 71 heavy (non-hydrogen) atoms. The predicted molar refractivity (Wildman–Crippen MR) is 307 cm³/mol. The Morgan fingerprint density at radius 2 is 0.507 bits per heavy atom. The average molecular weight is 994 g/mol. The Bertz CT molecular complexity index is 1280. The third-order valence-electron chi connectivity index (χ3n) is 13.5. The van der Waals surface area contributed by atoms with E-state index in [1.165, 1.54) is 180 Å². The summed E-state index contributed by atoms with van der Waals surface area (Å²) >= 11 is 0. The highest BCUT2D eigenvalue weighted by molar-refractivity contribution is 5.71. The molecule has 1 atom stereocenters. The summed E-state index contributed by atoms with van der Waals surface area (Å²) < 4.78 is 16.9. The third kappa shape index (κ3) is 57.9.